The molecule has 2 amide bonds. The van der Waals surface area contributed by atoms with Gasteiger partial charge in [-0.1, -0.05) is 57.4 Å². The molecule has 3 rings (SSSR count). The minimum Gasteiger partial charge on any atom is -0.326 e. The lowest BCUT2D eigenvalue weighted by molar-refractivity contribution is -0.120. The molecule has 0 spiro atoms. The van der Waals surface area contributed by atoms with E-state index in [2.05, 4.69) is 29.7 Å². The second-order valence-corrected chi connectivity index (χ2v) is 8.32. The molecule has 2 N–H and O–H groups in total. The summed E-state index contributed by atoms with van der Waals surface area (Å²) < 4.78 is 0. The van der Waals surface area contributed by atoms with Gasteiger partial charge in [0.15, 0.2) is 0 Å². The second kappa shape index (κ2) is 10.2. The van der Waals surface area contributed by atoms with Crippen molar-refractivity contribution < 1.29 is 9.59 Å². The summed E-state index contributed by atoms with van der Waals surface area (Å²) in [6.45, 7) is 6.09. The van der Waals surface area contributed by atoms with Crippen LogP contribution in [-0.2, 0) is 4.79 Å². The third-order valence-electron chi connectivity index (χ3n) is 5.71. The fourth-order valence-electron chi connectivity index (χ4n) is 3.69. The standard InChI is InChI=1S/C25H31N3O2/c1-17(2)19-9-11-22(12-10-19)25(30)28-27-18(3)20-13-15-23(16-14-20)26-24(29)21-7-5-4-6-8-21/h9-17,21H,4-8H2,1-3H3,(H,26,29)(H,28,30). The number of carbonyl (C=O) groups is 2. The molecule has 1 saturated carbocycles. The Balaban J connectivity index is 1.56. The molecule has 2 aromatic carbocycles. The summed E-state index contributed by atoms with van der Waals surface area (Å²) in [5.41, 5.74) is 6.77. The predicted molar refractivity (Wildman–Crippen MR) is 122 cm³/mol. The molecule has 0 bridgehead atoms. The second-order valence-electron chi connectivity index (χ2n) is 8.32. The van der Waals surface area contributed by atoms with Crippen LogP contribution in [0, 0.1) is 5.92 Å². The number of nitrogens with zero attached hydrogens (tertiary/aromatic N) is 1. The van der Waals surface area contributed by atoms with Gasteiger partial charge in [0, 0.05) is 17.2 Å². The van der Waals surface area contributed by atoms with Crippen molar-refractivity contribution in [1.29, 1.82) is 0 Å². The Morgan fingerprint density at radius 1 is 0.900 bits per heavy atom. The zero-order valence-electron chi connectivity index (χ0n) is 18.1. The molecule has 0 unspecified atom stereocenters. The average Bonchev–Trinajstić information content (AvgIpc) is 2.78. The van der Waals surface area contributed by atoms with Crippen molar-refractivity contribution in [3.63, 3.8) is 0 Å². The van der Waals surface area contributed by atoms with Crippen molar-refractivity contribution in [3.8, 4) is 0 Å². The van der Waals surface area contributed by atoms with E-state index in [0.717, 1.165) is 36.9 Å². The molecule has 0 aromatic heterocycles. The molecule has 1 aliphatic rings. The number of hydrogen-bond acceptors (Lipinski definition) is 3. The maximum atomic E-state index is 12.4. The van der Waals surface area contributed by atoms with Gasteiger partial charge < -0.3 is 5.32 Å². The van der Waals surface area contributed by atoms with E-state index in [-0.39, 0.29) is 17.7 Å². The van der Waals surface area contributed by atoms with Crippen LogP contribution in [0.2, 0.25) is 0 Å². The number of carbonyl (C=O) groups excluding carboxylic acids is 2. The summed E-state index contributed by atoms with van der Waals surface area (Å²) in [6.07, 6.45) is 5.47. The number of rotatable bonds is 6. The summed E-state index contributed by atoms with van der Waals surface area (Å²) in [6, 6.07) is 15.1. The molecule has 0 aliphatic heterocycles. The highest BCUT2D eigenvalue weighted by molar-refractivity contribution is 6.01. The zero-order valence-corrected chi connectivity index (χ0v) is 18.1. The zero-order chi connectivity index (χ0) is 21.5. The van der Waals surface area contributed by atoms with Gasteiger partial charge in [-0.15, -0.1) is 0 Å². The Morgan fingerprint density at radius 2 is 1.50 bits per heavy atom. The quantitative estimate of drug-likeness (QED) is 0.493. The molecule has 1 aliphatic carbocycles. The fraction of sp³-hybridized carbons (Fsp3) is 0.400. The van der Waals surface area contributed by atoms with E-state index >= 15 is 0 Å². The van der Waals surface area contributed by atoms with Crippen LogP contribution in [0.25, 0.3) is 0 Å². The normalized spacial score (nSPS) is 15.1. The summed E-state index contributed by atoms with van der Waals surface area (Å²) in [4.78, 5) is 24.7. The van der Waals surface area contributed by atoms with Crippen LogP contribution >= 0.6 is 0 Å². The van der Waals surface area contributed by atoms with Gasteiger partial charge in [-0.05, 0) is 61.1 Å². The van der Waals surface area contributed by atoms with Crippen molar-refractivity contribution in [1.82, 2.24) is 5.43 Å². The van der Waals surface area contributed by atoms with E-state index in [0.29, 0.717) is 17.2 Å². The monoisotopic (exact) mass is 405 g/mol. The first-order chi connectivity index (χ1) is 14.4. The van der Waals surface area contributed by atoms with E-state index < -0.39 is 0 Å². The Bertz CT molecular complexity index is 893. The van der Waals surface area contributed by atoms with Crippen molar-refractivity contribution in [3.05, 3.63) is 65.2 Å². The van der Waals surface area contributed by atoms with Crippen molar-refractivity contribution >= 4 is 23.2 Å². The van der Waals surface area contributed by atoms with Crippen molar-refractivity contribution in [2.75, 3.05) is 5.32 Å². The first-order valence-electron chi connectivity index (χ1n) is 10.8. The lowest BCUT2D eigenvalue weighted by Gasteiger charge is -2.20. The molecule has 30 heavy (non-hydrogen) atoms. The predicted octanol–water partition coefficient (Wildman–Crippen LogP) is 5.48. The lowest BCUT2D eigenvalue weighted by Crippen LogP contribution is -2.24. The number of anilines is 1. The Labute approximate surface area is 179 Å². The third kappa shape index (κ3) is 5.78. The molecule has 2 aromatic rings. The lowest BCUT2D eigenvalue weighted by atomic mass is 9.88. The van der Waals surface area contributed by atoms with E-state index in [1.165, 1.54) is 12.0 Å². The molecule has 0 saturated heterocycles. The number of hydrazone groups is 1. The molecule has 158 valence electrons. The summed E-state index contributed by atoms with van der Waals surface area (Å²) in [5.74, 6) is 0.439. The van der Waals surface area contributed by atoms with E-state index in [9.17, 15) is 9.59 Å². The first kappa shape index (κ1) is 21.8. The van der Waals surface area contributed by atoms with Crippen LogP contribution in [0.1, 0.15) is 80.3 Å². The van der Waals surface area contributed by atoms with E-state index in [1.807, 2.05) is 55.5 Å². The van der Waals surface area contributed by atoms with Crippen LogP contribution in [0.3, 0.4) is 0 Å². The Hall–Kier alpha value is -2.95. The maximum Gasteiger partial charge on any atom is 0.271 e. The molecule has 0 heterocycles. The highest BCUT2D eigenvalue weighted by Crippen LogP contribution is 2.25. The van der Waals surface area contributed by atoms with Crippen LogP contribution in [0.5, 0.6) is 0 Å². The summed E-state index contributed by atoms with van der Waals surface area (Å²) >= 11 is 0. The minimum absolute atomic E-state index is 0.114. The van der Waals surface area contributed by atoms with Crippen molar-refractivity contribution in [2.45, 2.75) is 58.8 Å². The van der Waals surface area contributed by atoms with Crippen LogP contribution < -0.4 is 10.7 Å². The fourth-order valence-corrected chi connectivity index (χ4v) is 3.69. The van der Waals surface area contributed by atoms with Gasteiger partial charge in [-0.2, -0.15) is 5.10 Å². The highest BCUT2D eigenvalue weighted by atomic mass is 16.2. The molecule has 5 heteroatoms. The van der Waals surface area contributed by atoms with Gasteiger partial charge in [0.05, 0.1) is 5.71 Å². The van der Waals surface area contributed by atoms with Gasteiger partial charge in [-0.3, -0.25) is 9.59 Å². The molecule has 0 radical (unpaired) electrons. The summed E-state index contributed by atoms with van der Waals surface area (Å²) in [7, 11) is 0. The van der Waals surface area contributed by atoms with E-state index in [1.54, 1.807) is 0 Å². The van der Waals surface area contributed by atoms with Crippen LogP contribution in [-0.4, -0.2) is 17.5 Å². The van der Waals surface area contributed by atoms with Crippen LogP contribution in [0.4, 0.5) is 5.69 Å². The first-order valence-corrected chi connectivity index (χ1v) is 10.8. The van der Waals surface area contributed by atoms with Crippen LogP contribution in [0.15, 0.2) is 53.6 Å². The summed E-state index contributed by atoms with van der Waals surface area (Å²) in [5, 5.41) is 7.24. The minimum atomic E-state index is -0.235. The SMILES string of the molecule is CC(=NNC(=O)c1ccc(C(C)C)cc1)c1ccc(NC(=O)C2CCCCC2)cc1. The van der Waals surface area contributed by atoms with E-state index in [4.69, 9.17) is 0 Å². The Kier molecular flexibility index (Phi) is 7.39. The topological polar surface area (TPSA) is 70.6 Å². The largest absolute Gasteiger partial charge is 0.326 e. The number of nitrogens with one attached hydrogen (secondary N) is 2. The Morgan fingerprint density at radius 3 is 2.10 bits per heavy atom. The van der Waals surface area contributed by atoms with Gasteiger partial charge in [0.25, 0.3) is 5.91 Å². The highest BCUT2D eigenvalue weighted by Gasteiger charge is 2.20. The molecule has 0 atom stereocenters. The number of hydrogen-bond donors (Lipinski definition) is 2. The number of benzene rings is 2. The molecular formula is C25H31N3O2. The number of amides is 2. The van der Waals surface area contributed by atoms with Gasteiger partial charge in [0.1, 0.15) is 0 Å². The van der Waals surface area contributed by atoms with Crippen molar-refractivity contribution in [2.24, 2.45) is 11.0 Å². The average molecular weight is 406 g/mol. The maximum absolute atomic E-state index is 12.4. The van der Waals surface area contributed by atoms with Gasteiger partial charge in [-0.25, -0.2) is 5.43 Å². The van der Waals surface area contributed by atoms with Gasteiger partial charge >= 0.3 is 0 Å². The molecule has 1 fully saturated rings. The smallest absolute Gasteiger partial charge is 0.271 e. The molecule has 5 nitrogen and oxygen atoms in total. The van der Waals surface area contributed by atoms with Gasteiger partial charge in [0.2, 0.25) is 5.91 Å². The third-order valence-corrected chi connectivity index (χ3v) is 5.71. The molecular weight excluding hydrogens is 374 g/mol.